The molecule has 134 valence electrons. The number of rotatable bonds is 6. The molecule has 1 N–H and O–H groups in total. The molecular weight excluding hydrogens is 358 g/mol. The van der Waals surface area contributed by atoms with Crippen LogP contribution in [0.15, 0.2) is 40.5 Å². The second-order valence-electron chi connectivity index (χ2n) is 6.04. The lowest BCUT2D eigenvalue weighted by Gasteiger charge is -2.28. The Bertz CT molecular complexity index is 701. The van der Waals surface area contributed by atoms with Crippen LogP contribution >= 0.6 is 23.1 Å². The Kier molecular flexibility index (Phi) is 5.82. The van der Waals surface area contributed by atoms with Crippen molar-refractivity contribution in [3.05, 3.63) is 46.5 Å². The van der Waals surface area contributed by atoms with E-state index in [1.165, 1.54) is 11.3 Å². The Hall–Kier alpha value is -1.77. The molecule has 2 atom stereocenters. The van der Waals surface area contributed by atoms with Crippen LogP contribution in [0.3, 0.4) is 0 Å². The summed E-state index contributed by atoms with van der Waals surface area (Å²) in [5.41, 5.74) is 0.901. The third kappa shape index (κ3) is 4.08. The molecule has 0 spiro atoms. The van der Waals surface area contributed by atoms with Crippen LogP contribution in [-0.4, -0.2) is 60.6 Å². The summed E-state index contributed by atoms with van der Waals surface area (Å²) in [5, 5.41) is 4.60. The maximum Gasteiger partial charge on any atom is 0.265 e. The first kappa shape index (κ1) is 18.0. The molecule has 2 unspecified atom stereocenters. The Balaban J connectivity index is 1.79. The van der Waals surface area contributed by atoms with Gasteiger partial charge in [0.15, 0.2) is 0 Å². The Morgan fingerprint density at radius 3 is 2.88 bits per heavy atom. The van der Waals surface area contributed by atoms with Gasteiger partial charge in [0.25, 0.3) is 5.91 Å². The molecule has 1 fully saturated rings. The molecule has 2 aromatic rings. The minimum Gasteiger partial charge on any atom is -0.472 e. The van der Waals surface area contributed by atoms with Crippen LogP contribution in [0.5, 0.6) is 0 Å². The SMILES string of the molecule is CN(C)CCNC(=O)C1CSC(c2ccoc2)N1C(=O)c1cccs1. The van der Waals surface area contributed by atoms with Gasteiger partial charge in [-0.05, 0) is 31.6 Å². The van der Waals surface area contributed by atoms with Crippen molar-refractivity contribution in [2.75, 3.05) is 32.9 Å². The van der Waals surface area contributed by atoms with Gasteiger partial charge in [-0.25, -0.2) is 0 Å². The predicted octanol–water partition coefficient (Wildman–Crippen LogP) is 2.28. The number of likely N-dealkylation sites (N-methyl/N-ethyl adjacent to an activating group) is 1. The largest absolute Gasteiger partial charge is 0.472 e. The number of thiophene rings is 1. The van der Waals surface area contributed by atoms with Gasteiger partial charge in [-0.1, -0.05) is 6.07 Å². The van der Waals surface area contributed by atoms with Crippen LogP contribution in [0.1, 0.15) is 20.6 Å². The van der Waals surface area contributed by atoms with Gasteiger partial charge in [-0.15, -0.1) is 23.1 Å². The van der Waals surface area contributed by atoms with Crippen molar-refractivity contribution in [2.45, 2.75) is 11.4 Å². The van der Waals surface area contributed by atoms with Gasteiger partial charge in [0.2, 0.25) is 5.91 Å². The Morgan fingerprint density at radius 1 is 1.40 bits per heavy atom. The Labute approximate surface area is 155 Å². The fourth-order valence-corrected chi connectivity index (χ4v) is 4.75. The number of amides is 2. The van der Waals surface area contributed by atoms with Gasteiger partial charge in [0.1, 0.15) is 11.4 Å². The summed E-state index contributed by atoms with van der Waals surface area (Å²) in [4.78, 5) is 30.0. The molecule has 1 aliphatic heterocycles. The smallest absolute Gasteiger partial charge is 0.265 e. The number of nitrogens with zero attached hydrogens (tertiary/aromatic N) is 2. The van der Waals surface area contributed by atoms with Crippen LogP contribution in [0.25, 0.3) is 0 Å². The Morgan fingerprint density at radius 2 is 2.24 bits per heavy atom. The first-order chi connectivity index (χ1) is 12.1. The first-order valence-corrected chi connectivity index (χ1v) is 9.93. The normalized spacial score (nSPS) is 20.2. The molecule has 6 nitrogen and oxygen atoms in total. The van der Waals surface area contributed by atoms with E-state index >= 15 is 0 Å². The lowest BCUT2D eigenvalue weighted by Crippen LogP contribution is -2.48. The van der Waals surface area contributed by atoms with Crippen LogP contribution in [0.4, 0.5) is 0 Å². The predicted molar refractivity (Wildman–Crippen MR) is 99.7 cm³/mol. The van der Waals surface area contributed by atoms with E-state index in [4.69, 9.17) is 4.42 Å². The van der Waals surface area contributed by atoms with Gasteiger partial charge in [0.05, 0.1) is 17.4 Å². The van der Waals surface area contributed by atoms with Crippen LogP contribution in [0.2, 0.25) is 0 Å². The molecule has 8 heteroatoms. The van der Waals surface area contributed by atoms with Crippen molar-refractivity contribution in [2.24, 2.45) is 0 Å². The van der Waals surface area contributed by atoms with E-state index in [0.29, 0.717) is 17.2 Å². The molecule has 2 amide bonds. The lowest BCUT2D eigenvalue weighted by atomic mass is 10.2. The highest BCUT2D eigenvalue weighted by molar-refractivity contribution is 7.99. The van der Waals surface area contributed by atoms with Crippen LogP contribution < -0.4 is 5.32 Å². The lowest BCUT2D eigenvalue weighted by molar-refractivity contribution is -0.124. The van der Waals surface area contributed by atoms with E-state index in [2.05, 4.69) is 5.32 Å². The van der Waals surface area contributed by atoms with E-state index < -0.39 is 6.04 Å². The first-order valence-electron chi connectivity index (χ1n) is 8.00. The number of hydrogen-bond donors (Lipinski definition) is 1. The minimum atomic E-state index is -0.485. The fourth-order valence-electron chi connectivity index (χ4n) is 2.68. The van der Waals surface area contributed by atoms with E-state index in [1.54, 1.807) is 35.3 Å². The third-order valence-electron chi connectivity index (χ3n) is 3.96. The van der Waals surface area contributed by atoms with E-state index in [-0.39, 0.29) is 17.2 Å². The highest BCUT2D eigenvalue weighted by Crippen LogP contribution is 2.42. The molecule has 0 aliphatic carbocycles. The molecule has 2 aromatic heterocycles. The van der Waals surface area contributed by atoms with Gasteiger partial charge in [-0.3, -0.25) is 9.59 Å². The van der Waals surface area contributed by atoms with E-state index in [0.717, 1.165) is 12.1 Å². The number of carbonyl (C=O) groups excluding carboxylic acids is 2. The van der Waals surface area contributed by atoms with Gasteiger partial charge in [-0.2, -0.15) is 0 Å². The minimum absolute atomic E-state index is 0.106. The molecule has 0 aromatic carbocycles. The molecule has 25 heavy (non-hydrogen) atoms. The highest BCUT2D eigenvalue weighted by atomic mass is 32.2. The van der Waals surface area contributed by atoms with Crippen molar-refractivity contribution in [1.29, 1.82) is 0 Å². The molecular formula is C17H21N3O3S2. The van der Waals surface area contributed by atoms with Gasteiger partial charge in [0, 0.05) is 24.4 Å². The zero-order valence-corrected chi connectivity index (χ0v) is 15.8. The van der Waals surface area contributed by atoms with Crippen LogP contribution in [0, 0.1) is 0 Å². The second kappa shape index (κ2) is 8.07. The second-order valence-corrected chi connectivity index (χ2v) is 8.10. The monoisotopic (exact) mass is 379 g/mol. The van der Waals surface area contributed by atoms with Crippen molar-refractivity contribution >= 4 is 34.9 Å². The third-order valence-corrected chi connectivity index (χ3v) is 6.14. The summed E-state index contributed by atoms with van der Waals surface area (Å²) in [6.07, 6.45) is 3.23. The topological polar surface area (TPSA) is 65.8 Å². The zero-order chi connectivity index (χ0) is 17.8. The van der Waals surface area contributed by atoms with Crippen molar-refractivity contribution in [3.63, 3.8) is 0 Å². The van der Waals surface area contributed by atoms with Crippen molar-refractivity contribution < 1.29 is 14.0 Å². The van der Waals surface area contributed by atoms with Crippen LogP contribution in [-0.2, 0) is 4.79 Å². The average Bonchev–Trinajstić information content (AvgIpc) is 3.33. The summed E-state index contributed by atoms with van der Waals surface area (Å²) >= 11 is 2.98. The highest BCUT2D eigenvalue weighted by Gasteiger charge is 2.43. The standard InChI is InChI=1S/C17H21N3O3S2/c1-19(2)7-6-18-15(21)13-11-25-17(12-5-8-23-10-12)20(13)16(22)14-4-3-9-24-14/h3-5,8-10,13,17H,6-7,11H2,1-2H3,(H,18,21). The average molecular weight is 380 g/mol. The fraction of sp³-hybridized carbons (Fsp3) is 0.412. The summed E-state index contributed by atoms with van der Waals surface area (Å²) in [7, 11) is 3.91. The summed E-state index contributed by atoms with van der Waals surface area (Å²) in [5.74, 6) is 0.352. The molecule has 1 saturated heterocycles. The zero-order valence-electron chi connectivity index (χ0n) is 14.2. The molecule has 3 rings (SSSR count). The number of nitrogens with one attached hydrogen (secondary N) is 1. The maximum absolute atomic E-state index is 13.0. The summed E-state index contributed by atoms with van der Waals surface area (Å²) in [6.45, 7) is 1.32. The van der Waals surface area contributed by atoms with Gasteiger partial charge >= 0.3 is 0 Å². The number of thioether (sulfide) groups is 1. The summed E-state index contributed by atoms with van der Waals surface area (Å²) in [6, 6.07) is 5.00. The summed E-state index contributed by atoms with van der Waals surface area (Å²) < 4.78 is 5.18. The molecule has 3 heterocycles. The van der Waals surface area contributed by atoms with Gasteiger partial charge < -0.3 is 19.5 Å². The quantitative estimate of drug-likeness (QED) is 0.834. The van der Waals surface area contributed by atoms with E-state index in [9.17, 15) is 9.59 Å². The number of carbonyl (C=O) groups is 2. The maximum atomic E-state index is 13.0. The molecule has 0 radical (unpaired) electrons. The van der Waals surface area contributed by atoms with Crippen molar-refractivity contribution in [3.8, 4) is 0 Å². The molecule has 1 aliphatic rings. The number of hydrogen-bond acceptors (Lipinski definition) is 6. The van der Waals surface area contributed by atoms with E-state index in [1.807, 2.05) is 36.5 Å². The van der Waals surface area contributed by atoms with Crippen molar-refractivity contribution in [1.82, 2.24) is 15.1 Å². The number of furan rings is 1. The molecule has 0 saturated carbocycles. The molecule has 0 bridgehead atoms.